The zero-order chi connectivity index (χ0) is 14.6. The van der Waals surface area contributed by atoms with Gasteiger partial charge in [0.15, 0.2) is 0 Å². The zero-order valence-corrected chi connectivity index (χ0v) is 12.0. The van der Waals surface area contributed by atoms with Gasteiger partial charge in [0.25, 0.3) is 0 Å². The first-order valence-electron chi connectivity index (χ1n) is 5.87. The van der Waals surface area contributed by atoms with Crippen LogP contribution in [0.25, 0.3) is 0 Å². The highest BCUT2D eigenvalue weighted by Crippen LogP contribution is 2.20. The number of amides is 1. The average molecular weight is 285 g/mol. The molecule has 0 aliphatic carbocycles. The highest BCUT2D eigenvalue weighted by molar-refractivity contribution is 7.89. The molecule has 6 nitrogen and oxygen atoms in total. The maximum absolute atomic E-state index is 11.8. The molecule has 0 heterocycles. The fraction of sp³-hybridized carbons (Fsp3) is 0.417. The van der Waals surface area contributed by atoms with E-state index < -0.39 is 10.0 Å². The standard InChI is InChI=1S/C12H19N3O3S/c1-8-4-5-10(15-12(16)9(2)7-13)6-11(8)19(17,18)14-3/h4-6,9,14H,7,13H2,1-3H3,(H,15,16). The second-order valence-corrected chi connectivity index (χ2v) is 6.17. The first kappa shape index (κ1) is 15.6. The van der Waals surface area contributed by atoms with Crippen LogP contribution < -0.4 is 15.8 Å². The number of benzene rings is 1. The van der Waals surface area contributed by atoms with Gasteiger partial charge in [-0.25, -0.2) is 13.1 Å². The van der Waals surface area contributed by atoms with Gasteiger partial charge in [0.1, 0.15) is 0 Å². The molecular formula is C12H19N3O3S. The van der Waals surface area contributed by atoms with Crippen LogP contribution in [-0.2, 0) is 14.8 Å². The van der Waals surface area contributed by atoms with Gasteiger partial charge in [-0.3, -0.25) is 4.79 Å². The molecule has 1 aromatic carbocycles. The number of hydrogen-bond acceptors (Lipinski definition) is 4. The van der Waals surface area contributed by atoms with Gasteiger partial charge >= 0.3 is 0 Å². The van der Waals surface area contributed by atoms with Gasteiger partial charge in [0.05, 0.1) is 4.90 Å². The van der Waals surface area contributed by atoms with Crippen molar-refractivity contribution in [3.05, 3.63) is 23.8 Å². The molecule has 19 heavy (non-hydrogen) atoms. The Balaban J connectivity index is 3.07. The summed E-state index contributed by atoms with van der Waals surface area (Å²) in [6, 6.07) is 4.74. The summed E-state index contributed by atoms with van der Waals surface area (Å²) in [4.78, 5) is 11.8. The van der Waals surface area contributed by atoms with Gasteiger partial charge in [0.2, 0.25) is 15.9 Å². The minimum absolute atomic E-state index is 0.146. The van der Waals surface area contributed by atoms with Crippen molar-refractivity contribution in [1.29, 1.82) is 0 Å². The number of hydrogen-bond donors (Lipinski definition) is 3. The van der Waals surface area contributed by atoms with Gasteiger partial charge in [-0.05, 0) is 31.7 Å². The van der Waals surface area contributed by atoms with Crippen molar-refractivity contribution in [3.8, 4) is 0 Å². The third-order valence-corrected chi connectivity index (χ3v) is 4.37. The van der Waals surface area contributed by atoms with E-state index in [1.807, 2.05) is 0 Å². The number of nitrogens with two attached hydrogens (primary N) is 1. The molecule has 0 aliphatic heterocycles. The lowest BCUT2D eigenvalue weighted by Crippen LogP contribution is -2.27. The molecule has 0 aliphatic rings. The number of aryl methyl sites for hydroxylation is 1. The van der Waals surface area contributed by atoms with Gasteiger partial charge in [-0.15, -0.1) is 0 Å². The SMILES string of the molecule is CNS(=O)(=O)c1cc(NC(=O)C(C)CN)ccc1C. The van der Waals surface area contributed by atoms with Crippen molar-refractivity contribution >= 4 is 21.6 Å². The fourth-order valence-corrected chi connectivity index (χ4v) is 2.44. The van der Waals surface area contributed by atoms with Crippen molar-refractivity contribution in [2.45, 2.75) is 18.7 Å². The van der Waals surface area contributed by atoms with Crippen LogP contribution in [0.1, 0.15) is 12.5 Å². The molecule has 7 heteroatoms. The Morgan fingerprint density at radius 2 is 2.05 bits per heavy atom. The summed E-state index contributed by atoms with van der Waals surface area (Å²) >= 11 is 0. The smallest absolute Gasteiger partial charge is 0.240 e. The maximum Gasteiger partial charge on any atom is 0.240 e. The van der Waals surface area contributed by atoms with Crippen molar-refractivity contribution in [2.24, 2.45) is 11.7 Å². The number of nitrogens with one attached hydrogen (secondary N) is 2. The van der Waals surface area contributed by atoms with Crippen LogP contribution in [0.15, 0.2) is 23.1 Å². The van der Waals surface area contributed by atoms with E-state index in [2.05, 4.69) is 10.0 Å². The van der Waals surface area contributed by atoms with E-state index in [0.29, 0.717) is 11.3 Å². The second-order valence-electron chi connectivity index (χ2n) is 4.31. The second kappa shape index (κ2) is 6.14. The molecule has 1 unspecified atom stereocenters. The van der Waals surface area contributed by atoms with E-state index in [-0.39, 0.29) is 23.3 Å². The van der Waals surface area contributed by atoms with Crippen LogP contribution in [0, 0.1) is 12.8 Å². The Morgan fingerprint density at radius 1 is 1.42 bits per heavy atom. The van der Waals surface area contributed by atoms with Crippen molar-refractivity contribution in [1.82, 2.24) is 4.72 Å². The monoisotopic (exact) mass is 285 g/mol. The largest absolute Gasteiger partial charge is 0.330 e. The van der Waals surface area contributed by atoms with Gasteiger partial charge < -0.3 is 11.1 Å². The van der Waals surface area contributed by atoms with E-state index in [9.17, 15) is 13.2 Å². The summed E-state index contributed by atoms with van der Waals surface area (Å²) in [5, 5.41) is 2.65. The Labute approximate surface area is 113 Å². The number of anilines is 1. The van der Waals surface area contributed by atoms with E-state index in [1.54, 1.807) is 26.0 Å². The van der Waals surface area contributed by atoms with Crippen LogP contribution >= 0.6 is 0 Å². The predicted octanol–water partition coefficient (Wildman–Crippen LogP) is 0.436. The van der Waals surface area contributed by atoms with Gasteiger partial charge in [-0.2, -0.15) is 0 Å². The fourth-order valence-electron chi connectivity index (χ4n) is 1.45. The Kier molecular flexibility index (Phi) is 5.04. The molecule has 1 amide bonds. The molecule has 0 bridgehead atoms. The highest BCUT2D eigenvalue weighted by Gasteiger charge is 2.17. The minimum atomic E-state index is -3.54. The van der Waals surface area contributed by atoms with Crippen molar-refractivity contribution in [3.63, 3.8) is 0 Å². The lowest BCUT2D eigenvalue weighted by atomic mass is 10.1. The van der Waals surface area contributed by atoms with Crippen molar-refractivity contribution < 1.29 is 13.2 Å². The predicted molar refractivity (Wildman–Crippen MR) is 74.3 cm³/mol. The highest BCUT2D eigenvalue weighted by atomic mass is 32.2. The third-order valence-electron chi connectivity index (χ3n) is 2.82. The van der Waals surface area contributed by atoms with E-state index >= 15 is 0 Å². The van der Waals surface area contributed by atoms with Gasteiger partial charge in [-0.1, -0.05) is 13.0 Å². The van der Waals surface area contributed by atoms with Crippen LogP contribution in [0.2, 0.25) is 0 Å². The molecule has 0 saturated carbocycles. The third kappa shape index (κ3) is 3.76. The number of rotatable bonds is 5. The summed E-state index contributed by atoms with van der Waals surface area (Å²) in [6.45, 7) is 3.63. The van der Waals surface area contributed by atoms with E-state index in [1.165, 1.54) is 13.1 Å². The van der Waals surface area contributed by atoms with Crippen molar-refractivity contribution in [2.75, 3.05) is 18.9 Å². The minimum Gasteiger partial charge on any atom is -0.330 e. The Morgan fingerprint density at radius 3 is 2.58 bits per heavy atom. The topological polar surface area (TPSA) is 101 Å². The summed E-state index contributed by atoms with van der Waals surface area (Å²) in [6.07, 6.45) is 0. The number of carbonyl (C=O) groups excluding carboxylic acids is 1. The summed E-state index contributed by atoms with van der Waals surface area (Å²) in [5.74, 6) is -0.565. The maximum atomic E-state index is 11.8. The molecule has 0 saturated heterocycles. The zero-order valence-electron chi connectivity index (χ0n) is 11.2. The first-order valence-corrected chi connectivity index (χ1v) is 7.35. The summed E-state index contributed by atoms with van der Waals surface area (Å²) in [7, 11) is -2.20. The van der Waals surface area contributed by atoms with E-state index in [4.69, 9.17) is 5.73 Å². The first-order chi connectivity index (χ1) is 8.81. The number of carbonyl (C=O) groups is 1. The molecule has 106 valence electrons. The van der Waals surface area contributed by atoms with Crippen LogP contribution in [0.4, 0.5) is 5.69 Å². The summed E-state index contributed by atoms with van der Waals surface area (Å²) < 4.78 is 25.9. The molecule has 1 atom stereocenters. The van der Waals surface area contributed by atoms with E-state index in [0.717, 1.165) is 0 Å². The van der Waals surface area contributed by atoms with Crippen LogP contribution in [0.5, 0.6) is 0 Å². The lowest BCUT2D eigenvalue weighted by Gasteiger charge is -2.12. The molecule has 0 spiro atoms. The number of sulfonamides is 1. The molecule has 1 rings (SSSR count). The molecule has 4 N–H and O–H groups in total. The molecule has 0 fully saturated rings. The summed E-state index contributed by atoms with van der Waals surface area (Å²) in [5.41, 5.74) is 6.45. The Hall–Kier alpha value is -1.44. The lowest BCUT2D eigenvalue weighted by molar-refractivity contribution is -0.119. The van der Waals surface area contributed by atoms with Crippen LogP contribution in [-0.4, -0.2) is 27.9 Å². The molecular weight excluding hydrogens is 266 g/mol. The average Bonchev–Trinajstić information content (AvgIpc) is 2.39. The molecule has 0 radical (unpaired) electrons. The van der Waals surface area contributed by atoms with Crippen LogP contribution in [0.3, 0.4) is 0 Å². The quantitative estimate of drug-likeness (QED) is 0.730. The Bertz CT molecular complexity index is 570. The van der Waals surface area contributed by atoms with Gasteiger partial charge in [0, 0.05) is 18.2 Å². The molecule has 1 aromatic rings. The molecule has 0 aromatic heterocycles. The normalized spacial score (nSPS) is 13.1.